The first kappa shape index (κ1) is 17.0. The van der Waals surface area contributed by atoms with E-state index in [4.69, 9.17) is 9.47 Å². The number of methoxy groups -OCH3 is 2. The minimum absolute atomic E-state index is 0.00646. The van der Waals surface area contributed by atoms with Crippen molar-refractivity contribution < 1.29 is 14.6 Å². The molecule has 6 heteroatoms. The molecule has 0 aliphatic rings. The number of rotatable bonds is 7. The number of nitrogens with one attached hydrogen (secondary N) is 1. The smallest absolute Gasteiger partial charge is 0.204 e. The predicted molar refractivity (Wildman–Crippen MR) is 98.6 cm³/mol. The monoisotopic (exact) mass is 341 g/mol. The Morgan fingerprint density at radius 2 is 1.80 bits per heavy atom. The first-order valence-corrected chi connectivity index (χ1v) is 8.31. The Kier molecular flexibility index (Phi) is 4.97. The van der Waals surface area contributed by atoms with Gasteiger partial charge in [0.05, 0.1) is 25.3 Å². The van der Waals surface area contributed by atoms with Gasteiger partial charge in [0.1, 0.15) is 0 Å². The molecule has 0 spiro atoms. The molecule has 6 nitrogen and oxygen atoms in total. The number of hydrogen-bond acceptors (Lipinski definition) is 5. The number of fused-ring (bicyclic) bond motifs is 1. The third-order valence-electron chi connectivity index (χ3n) is 4.09. The molecule has 0 radical (unpaired) electrons. The lowest BCUT2D eigenvalue weighted by Gasteiger charge is -2.13. The molecule has 0 atom stereocenters. The van der Waals surface area contributed by atoms with Gasteiger partial charge >= 0.3 is 0 Å². The number of aromatic nitrogens is 2. The van der Waals surface area contributed by atoms with E-state index in [0.717, 1.165) is 35.5 Å². The summed E-state index contributed by atoms with van der Waals surface area (Å²) in [7, 11) is 3.04. The van der Waals surface area contributed by atoms with Crippen molar-refractivity contribution in [2.75, 3.05) is 19.5 Å². The van der Waals surface area contributed by atoms with Gasteiger partial charge in [0.15, 0.2) is 11.5 Å². The Bertz CT molecular complexity index is 848. The van der Waals surface area contributed by atoms with Gasteiger partial charge in [-0.25, -0.2) is 4.98 Å². The molecular weight excluding hydrogens is 318 g/mol. The van der Waals surface area contributed by atoms with Gasteiger partial charge in [0.2, 0.25) is 11.7 Å². The normalized spacial score (nSPS) is 10.8. The largest absolute Gasteiger partial charge is 0.502 e. The summed E-state index contributed by atoms with van der Waals surface area (Å²) in [4.78, 5) is 4.69. The van der Waals surface area contributed by atoms with Crippen LogP contribution in [0.4, 0.5) is 5.95 Å². The molecule has 0 saturated carbocycles. The lowest BCUT2D eigenvalue weighted by atomic mass is 10.2. The molecular formula is C19H23N3O3. The van der Waals surface area contributed by atoms with E-state index in [1.807, 2.05) is 18.2 Å². The van der Waals surface area contributed by atoms with Crippen molar-refractivity contribution in [2.45, 2.75) is 26.4 Å². The topological polar surface area (TPSA) is 68.5 Å². The molecule has 0 bridgehead atoms. The van der Waals surface area contributed by atoms with Crippen LogP contribution in [0, 0.1) is 0 Å². The van der Waals surface area contributed by atoms with Crippen LogP contribution in [-0.2, 0) is 13.1 Å². The van der Waals surface area contributed by atoms with Crippen LogP contribution >= 0.6 is 0 Å². The molecule has 0 aliphatic carbocycles. The number of phenolic OH excluding ortho intramolecular Hbond substituents is 1. The first-order chi connectivity index (χ1) is 12.2. The van der Waals surface area contributed by atoms with E-state index in [2.05, 4.69) is 27.9 Å². The number of aryl methyl sites for hydroxylation is 1. The number of anilines is 1. The van der Waals surface area contributed by atoms with Gasteiger partial charge in [-0.1, -0.05) is 19.1 Å². The molecule has 3 aromatic rings. The number of hydrogen-bond donors (Lipinski definition) is 2. The summed E-state index contributed by atoms with van der Waals surface area (Å²) in [6.07, 6.45) is 1.02. The van der Waals surface area contributed by atoms with Gasteiger partial charge in [-0.2, -0.15) is 0 Å². The molecule has 0 fully saturated rings. The van der Waals surface area contributed by atoms with Crippen molar-refractivity contribution in [1.82, 2.24) is 9.55 Å². The zero-order chi connectivity index (χ0) is 17.8. The summed E-state index contributed by atoms with van der Waals surface area (Å²) in [5, 5.41) is 13.4. The number of para-hydroxylation sites is 2. The molecule has 0 amide bonds. The summed E-state index contributed by atoms with van der Waals surface area (Å²) >= 11 is 0. The molecule has 1 heterocycles. The predicted octanol–water partition coefficient (Wildman–Crippen LogP) is 3.78. The zero-order valence-corrected chi connectivity index (χ0v) is 14.7. The Morgan fingerprint density at radius 1 is 1.12 bits per heavy atom. The lowest BCUT2D eigenvalue weighted by molar-refractivity contribution is 0.339. The molecule has 0 saturated heterocycles. The standard InChI is InChI=1S/C19H23N3O3/c1-4-9-22-15-8-6-5-7-14(15)21-19(22)20-12-13-10-16(24-2)18(23)17(11-13)25-3/h5-8,10-11,23H,4,9,12H2,1-3H3,(H,20,21). The van der Waals surface area contributed by atoms with Gasteiger partial charge < -0.3 is 24.5 Å². The van der Waals surface area contributed by atoms with Gasteiger partial charge in [0, 0.05) is 13.1 Å². The lowest BCUT2D eigenvalue weighted by Crippen LogP contribution is -2.08. The number of nitrogens with zero attached hydrogens (tertiary/aromatic N) is 2. The Hall–Kier alpha value is -2.89. The van der Waals surface area contributed by atoms with Crippen molar-refractivity contribution in [3.8, 4) is 17.2 Å². The van der Waals surface area contributed by atoms with E-state index >= 15 is 0 Å². The number of imidazole rings is 1. The number of phenols is 1. The van der Waals surface area contributed by atoms with Crippen LogP contribution in [0.3, 0.4) is 0 Å². The molecule has 0 aliphatic heterocycles. The molecule has 2 aromatic carbocycles. The zero-order valence-electron chi connectivity index (χ0n) is 14.7. The van der Waals surface area contributed by atoms with Crippen LogP contribution in [0.2, 0.25) is 0 Å². The summed E-state index contributed by atoms with van der Waals surface area (Å²) in [5.74, 6) is 1.61. The van der Waals surface area contributed by atoms with E-state index in [-0.39, 0.29) is 5.75 Å². The van der Waals surface area contributed by atoms with E-state index in [0.29, 0.717) is 18.0 Å². The summed E-state index contributed by atoms with van der Waals surface area (Å²) in [6, 6.07) is 11.7. The van der Waals surface area contributed by atoms with Crippen molar-refractivity contribution in [3.63, 3.8) is 0 Å². The summed E-state index contributed by atoms with van der Waals surface area (Å²) in [5.41, 5.74) is 3.02. The average Bonchev–Trinajstić information content (AvgIpc) is 2.99. The molecule has 25 heavy (non-hydrogen) atoms. The van der Waals surface area contributed by atoms with Gasteiger partial charge in [-0.15, -0.1) is 0 Å². The molecule has 3 rings (SSSR count). The Balaban J connectivity index is 1.89. The van der Waals surface area contributed by atoms with E-state index in [9.17, 15) is 5.11 Å². The number of benzene rings is 2. The molecule has 2 N–H and O–H groups in total. The minimum atomic E-state index is 0.00646. The maximum Gasteiger partial charge on any atom is 0.204 e. The highest BCUT2D eigenvalue weighted by Crippen LogP contribution is 2.37. The second-order valence-electron chi connectivity index (χ2n) is 5.78. The van der Waals surface area contributed by atoms with Crippen LogP contribution in [0.15, 0.2) is 36.4 Å². The van der Waals surface area contributed by atoms with Gasteiger partial charge in [-0.05, 0) is 36.2 Å². The van der Waals surface area contributed by atoms with Gasteiger partial charge in [-0.3, -0.25) is 0 Å². The van der Waals surface area contributed by atoms with Gasteiger partial charge in [0.25, 0.3) is 0 Å². The second kappa shape index (κ2) is 7.34. The van der Waals surface area contributed by atoms with E-state index < -0.39 is 0 Å². The van der Waals surface area contributed by atoms with E-state index in [1.54, 1.807) is 12.1 Å². The van der Waals surface area contributed by atoms with E-state index in [1.165, 1.54) is 14.2 Å². The third kappa shape index (κ3) is 3.33. The highest BCUT2D eigenvalue weighted by atomic mass is 16.5. The van der Waals surface area contributed by atoms with Crippen LogP contribution in [0.25, 0.3) is 11.0 Å². The first-order valence-electron chi connectivity index (χ1n) is 8.31. The number of aromatic hydroxyl groups is 1. The van der Waals surface area contributed by atoms with Crippen molar-refractivity contribution in [2.24, 2.45) is 0 Å². The third-order valence-corrected chi connectivity index (χ3v) is 4.09. The SMILES string of the molecule is CCCn1c(NCc2cc(OC)c(O)c(OC)c2)nc2ccccc21. The Morgan fingerprint density at radius 3 is 2.44 bits per heavy atom. The van der Waals surface area contributed by atoms with Crippen molar-refractivity contribution in [3.05, 3.63) is 42.0 Å². The molecule has 132 valence electrons. The fourth-order valence-electron chi connectivity index (χ4n) is 2.89. The molecule has 0 unspecified atom stereocenters. The highest BCUT2D eigenvalue weighted by molar-refractivity contribution is 5.78. The summed E-state index contributed by atoms with van der Waals surface area (Å²) < 4.78 is 12.6. The molecule has 1 aromatic heterocycles. The summed E-state index contributed by atoms with van der Waals surface area (Å²) in [6.45, 7) is 3.58. The van der Waals surface area contributed by atoms with Crippen LogP contribution in [0.1, 0.15) is 18.9 Å². The minimum Gasteiger partial charge on any atom is -0.502 e. The van der Waals surface area contributed by atoms with Crippen molar-refractivity contribution in [1.29, 1.82) is 0 Å². The fraction of sp³-hybridized carbons (Fsp3) is 0.316. The average molecular weight is 341 g/mol. The van der Waals surface area contributed by atoms with Crippen LogP contribution < -0.4 is 14.8 Å². The van der Waals surface area contributed by atoms with Crippen LogP contribution in [-0.4, -0.2) is 28.9 Å². The Labute approximate surface area is 147 Å². The van der Waals surface area contributed by atoms with Crippen LogP contribution in [0.5, 0.6) is 17.2 Å². The second-order valence-corrected chi connectivity index (χ2v) is 5.78. The maximum absolute atomic E-state index is 10.0. The fourth-order valence-corrected chi connectivity index (χ4v) is 2.89. The van der Waals surface area contributed by atoms with Crippen molar-refractivity contribution >= 4 is 17.0 Å². The quantitative estimate of drug-likeness (QED) is 0.684. The number of ether oxygens (including phenoxy) is 2. The highest BCUT2D eigenvalue weighted by Gasteiger charge is 2.13. The maximum atomic E-state index is 10.0.